The molecule has 0 amide bonds. The SMILES string of the molecule is CCCN(CCC)CCCN(C)C1=C(C(C)(C)C)CC1=S. The predicted molar refractivity (Wildman–Crippen MR) is 98.0 cm³/mol. The van der Waals surface area contributed by atoms with Crippen LogP contribution in [0.5, 0.6) is 0 Å². The monoisotopic (exact) mass is 310 g/mol. The zero-order chi connectivity index (χ0) is 16.0. The van der Waals surface area contributed by atoms with E-state index in [-0.39, 0.29) is 5.41 Å². The van der Waals surface area contributed by atoms with Crippen LogP contribution in [0, 0.1) is 5.41 Å². The summed E-state index contributed by atoms with van der Waals surface area (Å²) < 4.78 is 0. The van der Waals surface area contributed by atoms with E-state index in [2.05, 4.69) is 51.5 Å². The van der Waals surface area contributed by atoms with E-state index in [1.165, 1.54) is 50.2 Å². The van der Waals surface area contributed by atoms with Gasteiger partial charge in [0.15, 0.2) is 0 Å². The topological polar surface area (TPSA) is 6.48 Å². The highest BCUT2D eigenvalue weighted by molar-refractivity contribution is 7.81. The Bertz CT molecular complexity index is 373. The highest BCUT2D eigenvalue weighted by Gasteiger charge is 2.33. The minimum Gasteiger partial charge on any atom is -0.374 e. The number of hydrogen-bond acceptors (Lipinski definition) is 3. The van der Waals surface area contributed by atoms with E-state index < -0.39 is 0 Å². The molecule has 0 saturated carbocycles. The largest absolute Gasteiger partial charge is 0.374 e. The van der Waals surface area contributed by atoms with Gasteiger partial charge in [0.05, 0.1) is 5.70 Å². The van der Waals surface area contributed by atoms with Crippen LogP contribution in [0.25, 0.3) is 0 Å². The predicted octanol–water partition coefficient (Wildman–Crippen LogP) is 4.50. The van der Waals surface area contributed by atoms with Crippen molar-refractivity contribution in [2.45, 2.75) is 60.3 Å². The van der Waals surface area contributed by atoms with Crippen molar-refractivity contribution in [1.82, 2.24) is 9.80 Å². The molecule has 0 N–H and O–H groups in total. The minimum absolute atomic E-state index is 0.252. The second kappa shape index (κ2) is 8.28. The molecule has 0 saturated heterocycles. The minimum atomic E-state index is 0.252. The molecule has 0 spiro atoms. The van der Waals surface area contributed by atoms with E-state index in [1.807, 2.05) is 0 Å². The van der Waals surface area contributed by atoms with E-state index in [9.17, 15) is 0 Å². The third-order valence-corrected chi connectivity index (χ3v) is 4.56. The molecule has 0 aromatic carbocycles. The summed E-state index contributed by atoms with van der Waals surface area (Å²) in [6.45, 7) is 16.2. The second-order valence-corrected chi connectivity index (χ2v) is 7.79. The normalized spacial score (nSPS) is 15.7. The molecule has 0 unspecified atom stereocenters. The quantitative estimate of drug-likeness (QED) is 0.579. The highest BCUT2D eigenvalue weighted by atomic mass is 32.1. The Kier molecular flexibility index (Phi) is 7.35. The van der Waals surface area contributed by atoms with Crippen LogP contribution in [0.4, 0.5) is 0 Å². The number of nitrogens with zero attached hydrogens (tertiary/aromatic N) is 2. The van der Waals surface area contributed by atoms with Crippen LogP contribution in [0.3, 0.4) is 0 Å². The van der Waals surface area contributed by atoms with Crippen molar-refractivity contribution in [3.8, 4) is 0 Å². The van der Waals surface area contributed by atoms with E-state index in [4.69, 9.17) is 12.2 Å². The molecule has 1 aliphatic carbocycles. The summed E-state index contributed by atoms with van der Waals surface area (Å²) in [4.78, 5) is 6.13. The van der Waals surface area contributed by atoms with Gasteiger partial charge in [-0.2, -0.15) is 0 Å². The Labute approximate surface area is 137 Å². The van der Waals surface area contributed by atoms with Crippen molar-refractivity contribution in [3.63, 3.8) is 0 Å². The number of rotatable bonds is 9. The summed E-state index contributed by atoms with van der Waals surface area (Å²) >= 11 is 5.50. The molecule has 0 bridgehead atoms. The van der Waals surface area contributed by atoms with Crippen LogP contribution in [-0.4, -0.2) is 47.9 Å². The third-order valence-electron chi connectivity index (χ3n) is 4.22. The van der Waals surface area contributed by atoms with Gasteiger partial charge in [-0.15, -0.1) is 0 Å². The molecule has 21 heavy (non-hydrogen) atoms. The Morgan fingerprint density at radius 1 is 1.00 bits per heavy atom. The first-order valence-corrected chi connectivity index (χ1v) is 8.92. The van der Waals surface area contributed by atoms with Crippen molar-refractivity contribution in [3.05, 3.63) is 11.3 Å². The molecule has 0 aliphatic heterocycles. The Hall–Kier alpha value is -0.410. The molecule has 0 aromatic rings. The molecule has 122 valence electrons. The van der Waals surface area contributed by atoms with Gasteiger partial charge in [-0.25, -0.2) is 0 Å². The first kappa shape index (κ1) is 18.6. The molecule has 0 aromatic heterocycles. The molecule has 0 radical (unpaired) electrons. The summed E-state index contributed by atoms with van der Waals surface area (Å²) in [7, 11) is 2.20. The van der Waals surface area contributed by atoms with Crippen molar-refractivity contribution in [2.75, 3.05) is 33.2 Å². The van der Waals surface area contributed by atoms with Gasteiger partial charge in [-0.3, -0.25) is 0 Å². The zero-order valence-electron chi connectivity index (χ0n) is 15.0. The number of hydrogen-bond donors (Lipinski definition) is 0. The molecular weight excluding hydrogens is 276 g/mol. The summed E-state index contributed by atoms with van der Waals surface area (Å²) in [6, 6.07) is 0. The molecule has 2 nitrogen and oxygen atoms in total. The Balaban J connectivity index is 2.50. The molecule has 0 atom stereocenters. The summed E-state index contributed by atoms with van der Waals surface area (Å²) in [5, 5.41) is 0. The lowest BCUT2D eigenvalue weighted by molar-refractivity contribution is 0.257. The summed E-state index contributed by atoms with van der Waals surface area (Å²) in [6.07, 6.45) is 4.74. The molecule has 0 fully saturated rings. The van der Waals surface area contributed by atoms with Crippen LogP contribution >= 0.6 is 12.2 Å². The number of allylic oxidation sites excluding steroid dienone is 2. The van der Waals surface area contributed by atoms with Crippen LogP contribution < -0.4 is 0 Å². The maximum absolute atomic E-state index is 5.50. The van der Waals surface area contributed by atoms with Gasteiger partial charge < -0.3 is 9.80 Å². The van der Waals surface area contributed by atoms with Crippen molar-refractivity contribution >= 4 is 17.1 Å². The maximum Gasteiger partial charge on any atom is 0.0509 e. The van der Waals surface area contributed by atoms with Crippen molar-refractivity contribution in [2.24, 2.45) is 5.41 Å². The van der Waals surface area contributed by atoms with Crippen LogP contribution in [0.1, 0.15) is 60.3 Å². The summed E-state index contributed by atoms with van der Waals surface area (Å²) in [5.41, 5.74) is 3.14. The maximum atomic E-state index is 5.50. The fraction of sp³-hybridized carbons (Fsp3) is 0.833. The smallest absolute Gasteiger partial charge is 0.0509 e. The lowest BCUT2D eigenvalue weighted by atomic mass is 9.75. The lowest BCUT2D eigenvalue weighted by Crippen LogP contribution is -2.37. The van der Waals surface area contributed by atoms with Crippen molar-refractivity contribution in [1.29, 1.82) is 0 Å². The van der Waals surface area contributed by atoms with Gasteiger partial charge in [0, 0.05) is 24.9 Å². The van der Waals surface area contributed by atoms with Crippen LogP contribution in [0.15, 0.2) is 11.3 Å². The molecule has 1 aliphatic rings. The molecule has 3 heteroatoms. The van der Waals surface area contributed by atoms with Gasteiger partial charge in [-0.05, 0) is 49.9 Å². The van der Waals surface area contributed by atoms with E-state index in [1.54, 1.807) is 0 Å². The number of thiocarbonyl (C=S) groups is 1. The second-order valence-electron chi connectivity index (χ2n) is 7.29. The van der Waals surface area contributed by atoms with Gasteiger partial charge in [0.2, 0.25) is 0 Å². The van der Waals surface area contributed by atoms with Crippen LogP contribution in [0.2, 0.25) is 0 Å². The van der Waals surface area contributed by atoms with E-state index in [0.717, 1.165) is 17.8 Å². The average Bonchev–Trinajstić information content (AvgIpc) is 2.35. The average molecular weight is 311 g/mol. The molecular formula is C18H34N2S. The van der Waals surface area contributed by atoms with Gasteiger partial charge in [-0.1, -0.05) is 46.8 Å². The van der Waals surface area contributed by atoms with Gasteiger partial charge in [0.25, 0.3) is 0 Å². The Morgan fingerprint density at radius 3 is 2.00 bits per heavy atom. The molecule has 1 rings (SSSR count). The fourth-order valence-corrected chi connectivity index (χ4v) is 3.49. The fourth-order valence-electron chi connectivity index (χ4n) is 3.06. The van der Waals surface area contributed by atoms with Crippen molar-refractivity contribution < 1.29 is 0 Å². The van der Waals surface area contributed by atoms with Gasteiger partial charge in [0.1, 0.15) is 0 Å². The first-order valence-electron chi connectivity index (χ1n) is 8.51. The highest BCUT2D eigenvalue weighted by Crippen LogP contribution is 2.40. The summed E-state index contributed by atoms with van der Waals surface area (Å²) in [5.74, 6) is 0. The third kappa shape index (κ3) is 5.37. The van der Waals surface area contributed by atoms with E-state index >= 15 is 0 Å². The van der Waals surface area contributed by atoms with E-state index in [0.29, 0.717) is 0 Å². The molecule has 0 heterocycles. The first-order chi connectivity index (χ1) is 9.81. The van der Waals surface area contributed by atoms with Crippen LogP contribution in [-0.2, 0) is 0 Å². The standard InChI is InChI=1S/C18H34N2S/c1-7-10-20(11-8-2)13-9-12-19(6)17-15(14-16(17)21)18(3,4)5/h7-14H2,1-6H3. The Morgan fingerprint density at radius 2 is 1.57 bits per heavy atom. The lowest BCUT2D eigenvalue weighted by Gasteiger charge is -2.39. The van der Waals surface area contributed by atoms with Gasteiger partial charge >= 0.3 is 0 Å². The zero-order valence-corrected chi connectivity index (χ0v) is 15.8.